The van der Waals surface area contributed by atoms with Crippen LogP contribution in [0, 0.1) is 23.2 Å². The number of piperazine rings is 1. The number of carbonyl (C=O) groups is 1. The first-order valence-corrected chi connectivity index (χ1v) is 12.7. The summed E-state index contributed by atoms with van der Waals surface area (Å²) in [5.41, 5.74) is 3.09. The van der Waals surface area contributed by atoms with E-state index < -0.39 is 0 Å². The second kappa shape index (κ2) is 8.31. The van der Waals surface area contributed by atoms with Gasteiger partial charge in [0.05, 0.1) is 5.92 Å². The van der Waals surface area contributed by atoms with Crippen LogP contribution in [0.25, 0.3) is 0 Å². The Balaban J connectivity index is 1.07. The number of allylic oxidation sites excluding steroid dienone is 1. The highest BCUT2D eigenvalue weighted by molar-refractivity contribution is 5.76. The van der Waals surface area contributed by atoms with Gasteiger partial charge in [-0.1, -0.05) is 38.0 Å². The average molecular weight is 453 g/mol. The van der Waals surface area contributed by atoms with E-state index in [0.29, 0.717) is 12.7 Å². The number of carbonyl (C=O) groups excluding carboxylic acids is 1. The molecular formula is C27H36N2O4. The lowest BCUT2D eigenvalue weighted by Crippen LogP contribution is -2.48. The average Bonchev–Trinajstić information content (AvgIpc) is 3.37. The Kier molecular flexibility index (Phi) is 5.41. The minimum Gasteiger partial charge on any atom is -0.461 e. The van der Waals surface area contributed by atoms with E-state index in [1.54, 1.807) is 5.57 Å². The van der Waals surface area contributed by atoms with Gasteiger partial charge in [0.1, 0.15) is 6.10 Å². The zero-order chi connectivity index (χ0) is 22.6. The fourth-order valence-corrected chi connectivity index (χ4v) is 6.96. The Bertz CT molecular complexity index is 953. The monoisotopic (exact) mass is 452 g/mol. The van der Waals surface area contributed by atoms with Gasteiger partial charge in [-0.05, 0) is 48.3 Å². The molecule has 6 rings (SSSR count). The van der Waals surface area contributed by atoms with Crippen molar-refractivity contribution in [2.45, 2.75) is 52.2 Å². The third-order valence-electron chi connectivity index (χ3n) is 8.84. The molecule has 6 heteroatoms. The highest BCUT2D eigenvalue weighted by Gasteiger charge is 2.52. The summed E-state index contributed by atoms with van der Waals surface area (Å²) < 4.78 is 16.9. The predicted molar refractivity (Wildman–Crippen MR) is 125 cm³/mol. The van der Waals surface area contributed by atoms with Gasteiger partial charge in [0.25, 0.3) is 0 Å². The first-order chi connectivity index (χ1) is 16.0. The molecule has 6 nitrogen and oxygen atoms in total. The topological polar surface area (TPSA) is 51.2 Å². The first-order valence-electron chi connectivity index (χ1n) is 12.7. The third kappa shape index (κ3) is 3.95. The number of nitrogens with zero attached hydrogens (tertiary/aromatic N) is 2. The van der Waals surface area contributed by atoms with E-state index in [-0.39, 0.29) is 29.3 Å². The normalized spacial score (nSPS) is 36.2. The molecule has 0 N–H and O–H groups in total. The molecule has 0 radical (unpaired) electrons. The molecule has 5 aliphatic rings. The van der Waals surface area contributed by atoms with Gasteiger partial charge in [-0.25, -0.2) is 0 Å². The number of fused-ring (bicyclic) bond motifs is 3. The molecule has 0 bridgehead atoms. The number of hydrogen-bond donors (Lipinski definition) is 0. The van der Waals surface area contributed by atoms with Crippen LogP contribution >= 0.6 is 0 Å². The maximum absolute atomic E-state index is 12.9. The minimum atomic E-state index is -0.0124. The summed E-state index contributed by atoms with van der Waals surface area (Å²) in [6.07, 6.45) is 7.38. The van der Waals surface area contributed by atoms with Crippen LogP contribution in [0.5, 0.6) is 11.5 Å². The predicted octanol–water partition coefficient (Wildman–Crippen LogP) is 3.85. The van der Waals surface area contributed by atoms with Crippen molar-refractivity contribution in [3.05, 3.63) is 35.4 Å². The van der Waals surface area contributed by atoms with Gasteiger partial charge >= 0.3 is 5.97 Å². The molecule has 0 amide bonds. The maximum atomic E-state index is 12.9. The lowest BCUT2D eigenvalue weighted by atomic mass is 9.59. The van der Waals surface area contributed by atoms with E-state index in [2.05, 4.69) is 41.9 Å². The van der Waals surface area contributed by atoms with Gasteiger partial charge in [-0.2, -0.15) is 0 Å². The fourth-order valence-electron chi connectivity index (χ4n) is 6.96. The molecule has 1 saturated carbocycles. The van der Waals surface area contributed by atoms with Gasteiger partial charge in [-0.15, -0.1) is 0 Å². The molecule has 5 atom stereocenters. The summed E-state index contributed by atoms with van der Waals surface area (Å²) in [4.78, 5) is 17.9. The second-order valence-corrected chi connectivity index (χ2v) is 11.1. The molecule has 2 saturated heterocycles. The number of hydrogen-bond acceptors (Lipinski definition) is 6. The van der Waals surface area contributed by atoms with E-state index in [1.165, 1.54) is 24.8 Å². The van der Waals surface area contributed by atoms with Crippen molar-refractivity contribution in [3.8, 4) is 11.5 Å². The van der Waals surface area contributed by atoms with Gasteiger partial charge in [0.2, 0.25) is 6.79 Å². The molecular weight excluding hydrogens is 416 g/mol. The van der Waals surface area contributed by atoms with Crippen molar-refractivity contribution < 1.29 is 19.0 Å². The first kappa shape index (κ1) is 21.5. The van der Waals surface area contributed by atoms with E-state index in [1.807, 2.05) is 6.07 Å². The number of rotatable bonds is 4. The summed E-state index contributed by atoms with van der Waals surface area (Å²) in [5, 5.41) is 0. The summed E-state index contributed by atoms with van der Waals surface area (Å²) in [6, 6.07) is 6.23. The van der Waals surface area contributed by atoms with E-state index in [9.17, 15) is 4.79 Å². The van der Waals surface area contributed by atoms with Crippen LogP contribution in [0.2, 0.25) is 0 Å². The van der Waals surface area contributed by atoms with Crippen LogP contribution in [0.15, 0.2) is 29.8 Å². The van der Waals surface area contributed by atoms with Crippen LogP contribution in [-0.4, -0.2) is 61.4 Å². The Morgan fingerprint density at radius 1 is 1.09 bits per heavy atom. The molecule has 0 unspecified atom stereocenters. The highest BCUT2D eigenvalue weighted by atomic mass is 16.7. The van der Waals surface area contributed by atoms with Gasteiger partial charge in [0.15, 0.2) is 11.5 Å². The molecule has 3 fully saturated rings. The van der Waals surface area contributed by atoms with Crippen LogP contribution in [0.4, 0.5) is 0 Å². The van der Waals surface area contributed by atoms with E-state index in [4.69, 9.17) is 14.2 Å². The molecule has 0 aromatic heterocycles. The molecule has 3 heterocycles. The van der Waals surface area contributed by atoms with Gasteiger partial charge in [0, 0.05) is 45.2 Å². The molecule has 0 spiro atoms. The van der Waals surface area contributed by atoms with Gasteiger partial charge in [-0.3, -0.25) is 14.6 Å². The van der Waals surface area contributed by atoms with Crippen LogP contribution in [-0.2, 0) is 16.1 Å². The molecule has 2 aliphatic carbocycles. The number of benzene rings is 1. The number of esters is 1. The molecule has 1 aromatic carbocycles. The summed E-state index contributed by atoms with van der Waals surface area (Å²) >= 11 is 0. The van der Waals surface area contributed by atoms with Crippen LogP contribution < -0.4 is 9.47 Å². The lowest BCUT2D eigenvalue weighted by molar-refractivity contribution is -0.145. The lowest BCUT2D eigenvalue weighted by Gasteiger charge is -2.46. The zero-order valence-corrected chi connectivity index (χ0v) is 19.9. The Labute approximate surface area is 196 Å². The molecule has 33 heavy (non-hydrogen) atoms. The highest BCUT2D eigenvalue weighted by Crippen LogP contribution is 2.54. The minimum absolute atomic E-state index is 0.0124. The SMILES string of the molecule is C[C@H]1CCC[C@]2(C)C[C@H]3OC(=O)[C@H](CN4CCN(Cc5ccc6c(c5)OCO6)CC4)[C@H]3C=C12. The van der Waals surface area contributed by atoms with Crippen molar-refractivity contribution >= 4 is 5.97 Å². The summed E-state index contributed by atoms with van der Waals surface area (Å²) in [7, 11) is 0. The van der Waals surface area contributed by atoms with E-state index >= 15 is 0 Å². The Morgan fingerprint density at radius 2 is 1.88 bits per heavy atom. The van der Waals surface area contributed by atoms with Gasteiger partial charge < -0.3 is 14.2 Å². The standard InChI is InChI=1S/C27H36N2O4/c1-18-4-3-7-27(2)14-25-20(13-22(18)27)21(26(30)33-25)16-29-10-8-28(9-11-29)15-19-5-6-23-24(12-19)32-17-31-23/h5-6,12-13,18,20-21,25H,3-4,7-11,14-17H2,1-2H3/t18-,20+,21+,25+,27+/m0/s1. The fraction of sp³-hybridized carbons (Fsp3) is 0.667. The van der Waals surface area contributed by atoms with Crippen molar-refractivity contribution in [2.24, 2.45) is 23.2 Å². The van der Waals surface area contributed by atoms with Crippen LogP contribution in [0.1, 0.15) is 45.1 Å². The zero-order valence-electron chi connectivity index (χ0n) is 19.9. The third-order valence-corrected chi connectivity index (χ3v) is 8.84. The van der Waals surface area contributed by atoms with Crippen molar-refractivity contribution in [1.82, 2.24) is 9.80 Å². The maximum Gasteiger partial charge on any atom is 0.311 e. The summed E-state index contributed by atoms with van der Waals surface area (Å²) in [5.74, 6) is 2.60. The quantitative estimate of drug-likeness (QED) is 0.511. The van der Waals surface area contributed by atoms with E-state index in [0.717, 1.165) is 57.2 Å². The summed E-state index contributed by atoms with van der Waals surface area (Å²) in [6.45, 7) is 10.8. The smallest absolute Gasteiger partial charge is 0.311 e. The second-order valence-electron chi connectivity index (χ2n) is 11.1. The van der Waals surface area contributed by atoms with Crippen molar-refractivity contribution in [3.63, 3.8) is 0 Å². The van der Waals surface area contributed by atoms with Crippen molar-refractivity contribution in [2.75, 3.05) is 39.5 Å². The number of ether oxygens (including phenoxy) is 3. The molecule has 178 valence electrons. The molecule has 3 aliphatic heterocycles. The largest absolute Gasteiger partial charge is 0.461 e. The van der Waals surface area contributed by atoms with Crippen molar-refractivity contribution in [1.29, 1.82) is 0 Å². The Morgan fingerprint density at radius 3 is 2.73 bits per heavy atom. The van der Waals surface area contributed by atoms with Crippen LogP contribution in [0.3, 0.4) is 0 Å². The molecule has 1 aromatic rings. The Hall–Kier alpha value is -2.05.